The summed E-state index contributed by atoms with van der Waals surface area (Å²) < 4.78 is 0. The van der Waals surface area contributed by atoms with Crippen LogP contribution in [0.4, 0.5) is 0 Å². The summed E-state index contributed by atoms with van der Waals surface area (Å²) in [6.07, 6.45) is 46.2. The van der Waals surface area contributed by atoms with Gasteiger partial charge in [0.2, 0.25) is 0 Å². The first-order chi connectivity index (χ1) is 19.2. The Morgan fingerprint density at radius 3 is 0.590 bits per heavy atom. The summed E-state index contributed by atoms with van der Waals surface area (Å²) >= 11 is 0. The first kappa shape index (κ1) is 39.0. The SMILES string of the molecule is CCCCCCCCCCCCCCCCCCC(O)(CCCCCCCC)CCCCCCCCCCC. The van der Waals surface area contributed by atoms with Crippen molar-refractivity contribution in [3.05, 3.63) is 0 Å². The molecule has 1 atom stereocenters. The Balaban J connectivity index is 3.86. The topological polar surface area (TPSA) is 20.2 Å². The van der Waals surface area contributed by atoms with E-state index in [1.807, 2.05) is 0 Å². The van der Waals surface area contributed by atoms with Crippen LogP contribution in [0, 0.1) is 0 Å². The third-order valence-corrected chi connectivity index (χ3v) is 9.24. The van der Waals surface area contributed by atoms with Crippen LogP contribution in [0.15, 0.2) is 0 Å². The number of aliphatic hydroxyl groups is 1. The fourth-order valence-electron chi connectivity index (χ4n) is 6.38. The van der Waals surface area contributed by atoms with Gasteiger partial charge >= 0.3 is 0 Å². The molecule has 0 rings (SSSR count). The van der Waals surface area contributed by atoms with E-state index in [0.29, 0.717) is 0 Å². The van der Waals surface area contributed by atoms with Crippen LogP contribution >= 0.6 is 0 Å². The summed E-state index contributed by atoms with van der Waals surface area (Å²) in [5, 5.41) is 11.5. The fraction of sp³-hybridized carbons (Fsp3) is 1.00. The minimum absolute atomic E-state index is 0.373. The highest BCUT2D eigenvalue weighted by molar-refractivity contribution is 4.78. The third kappa shape index (κ3) is 30.7. The minimum atomic E-state index is -0.373. The summed E-state index contributed by atoms with van der Waals surface area (Å²) in [6.45, 7) is 6.89. The lowest BCUT2D eigenvalue weighted by Gasteiger charge is -2.29. The second kappa shape index (κ2) is 32.5. The van der Waals surface area contributed by atoms with Crippen LogP contribution in [-0.4, -0.2) is 10.7 Å². The Hall–Kier alpha value is -0.0400. The van der Waals surface area contributed by atoms with Crippen LogP contribution in [-0.2, 0) is 0 Å². The van der Waals surface area contributed by atoms with E-state index in [0.717, 1.165) is 19.3 Å². The Kier molecular flexibility index (Phi) is 32.4. The number of rotatable bonds is 34. The highest BCUT2D eigenvalue weighted by Gasteiger charge is 2.25. The molecule has 0 aliphatic carbocycles. The lowest BCUT2D eigenvalue weighted by molar-refractivity contribution is 0.00704. The number of hydrogen-bond acceptors (Lipinski definition) is 1. The Bertz CT molecular complexity index is 432. The van der Waals surface area contributed by atoms with Crippen LogP contribution in [0.2, 0.25) is 0 Å². The van der Waals surface area contributed by atoms with Gasteiger partial charge in [-0.2, -0.15) is 0 Å². The van der Waals surface area contributed by atoms with Crippen molar-refractivity contribution < 1.29 is 5.11 Å². The lowest BCUT2D eigenvalue weighted by Crippen LogP contribution is -2.28. The van der Waals surface area contributed by atoms with Gasteiger partial charge in [0.15, 0.2) is 0 Å². The molecule has 0 aliphatic rings. The van der Waals surface area contributed by atoms with E-state index >= 15 is 0 Å². The molecule has 0 aromatic rings. The van der Waals surface area contributed by atoms with Gasteiger partial charge in [-0.15, -0.1) is 0 Å². The maximum atomic E-state index is 11.5. The highest BCUT2D eigenvalue weighted by atomic mass is 16.3. The van der Waals surface area contributed by atoms with Gasteiger partial charge in [-0.05, 0) is 19.3 Å². The molecule has 236 valence electrons. The zero-order valence-corrected chi connectivity index (χ0v) is 28.0. The predicted molar refractivity (Wildman–Crippen MR) is 179 cm³/mol. The molecule has 0 aliphatic heterocycles. The van der Waals surface area contributed by atoms with Crippen molar-refractivity contribution in [2.24, 2.45) is 0 Å². The Labute approximate surface area is 249 Å². The monoisotopic (exact) mass is 551 g/mol. The van der Waals surface area contributed by atoms with Gasteiger partial charge in [0, 0.05) is 0 Å². The average Bonchev–Trinajstić information content (AvgIpc) is 2.94. The summed E-state index contributed by atoms with van der Waals surface area (Å²) in [6, 6.07) is 0. The zero-order chi connectivity index (χ0) is 28.5. The van der Waals surface area contributed by atoms with E-state index < -0.39 is 0 Å². The molecule has 0 saturated carbocycles. The molecule has 0 saturated heterocycles. The molecule has 0 aromatic carbocycles. The highest BCUT2D eigenvalue weighted by Crippen LogP contribution is 2.29. The van der Waals surface area contributed by atoms with Gasteiger partial charge < -0.3 is 5.11 Å². The average molecular weight is 551 g/mol. The van der Waals surface area contributed by atoms with Crippen LogP contribution in [0.3, 0.4) is 0 Å². The fourth-order valence-corrected chi connectivity index (χ4v) is 6.38. The number of hydrogen-bond donors (Lipinski definition) is 1. The largest absolute Gasteiger partial charge is 0.390 e. The van der Waals surface area contributed by atoms with Crippen molar-refractivity contribution in [3.63, 3.8) is 0 Å². The quantitative estimate of drug-likeness (QED) is 0.0790. The van der Waals surface area contributed by atoms with Crippen LogP contribution in [0.5, 0.6) is 0 Å². The zero-order valence-electron chi connectivity index (χ0n) is 28.0. The second-order valence-corrected chi connectivity index (χ2v) is 13.4. The van der Waals surface area contributed by atoms with E-state index in [9.17, 15) is 5.11 Å². The van der Waals surface area contributed by atoms with Gasteiger partial charge in [-0.1, -0.05) is 220 Å². The third-order valence-electron chi connectivity index (χ3n) is 9.24. The van der Waals surface area contributed by atoms with E-state index in [4.69, 9.17) is 0 Å². The van der Waals surface area contributed by atoms with Crippen LogP contribution in [0.1, 0.15) is 239 Å². The van der Waals surface area contributed by atoms with Gasteiger partial charge in [0.05, 0.1) is 5.60 Å². The van der Waals surface area contributed by atoms with Gasteiger partial charge in [0.1, 0.15) is 0 Å². The first-order valence-corrected chi connectivity index (χ1v) is 18.9. The first-order valence-electron chi connectivity index (χ1n) is 18.9. The van der Waals surface area contributed by atoms with Gasteiger partial charge in [-0.3, -0.25) is 0 Å². The van der Waals surface area contributed by atoms with Crippen molar-refractivity contribution in [1.29, 1.82) is 0 Å². The molecule has 1 unspecified atom stereocenters. The molecular formula is C38H78O. The van der Waals surface area contributed by atoms with E-state index in [-0.39, 0.29) is 5.60 Å². The summed E-state index contributed by atoms with van der Waals surface area (Å²) in [7, 11) is 0. The molecule has 0 spiro atoms. The molecule has 1 N–H and O–H groups in total. The van der Waals surface area contributed by atoms with Gasteiger partial charge in [-0.25, -0.2) is 0 Å². The minimum Gasteiger partial charge on any atom is -0.390 e. The van der Waals surface area contributed by atoms with E-state index in [1.54, 1.807) is 0 Å². The smallest absolute Gasteiger partial charge is 0.0647 e. The van der Waals surface area contributed by atoms with Crippen molar-refractivity contribution in [1.82, 2.24) is 0 Å². The Morgan fingerprint density at radius 2 is 0.410 bits per heavy atom. The van der Waals surface area contributed by atoms with E-state index in [2.05, 4.69) is 20.8 Å². The molecule has 0 bridgehead atoms. The van der Waals surface area contributed by atoms with Crippen LogP contribution in [0.25, 0.3) is 0 Å². The maximum absolute atomic E-state index is 11.5. The molecule has 0 fully saturated rings. The molecule has 1 nitrogen and oxygen atoms in total. The Morgan fingerprint density at radius 1 is 0.256 bits per heavy atom. The lowest BCUT2D eigenvalue weighted by atomic mass is 9.85. The number of unbranched alkanes of at least 4 members (excludes halogenated alkanes) is 28. The normalized spacial score (nSPS) is 13.2. The molecule has 0 aromatic heterocycles. The predicted octanol–water partition coefficient (Wildman–Crippen LogP) is 14.0. The molecular weight excluding hydrogens is 472 g/mol. The molecule has 39 heavy (non-hydrogen) atoms. The molecule has 0 radical (unpaired) electrons. The molecule has 1 heteroatoms. The second-order valence-electron chi connectivity index (χ2n) is 13.4. The van der Waals surface area contributed by atoms with Crippen LogP contribution < -0.4 is 0 Å². The maximum Gasteiger partial charge on any atom is 0.0647 e. The van der Waals surface area contributed by atoms with Gasteiger partial charge in [0.25, 0.3) is 0 Å². The summed E-state index contributed by atoms with van der Waals surface area (Å²) in [4.78, 5) is 0. The molecule has 0 amide bonds. The molecule has 0 heterocycles. The van der Waals surface area contributed by atoms with Crippen molar-refractivity contribution in [2.75, 3.05) is 0 Å². The summed E-state index contributed by atoms with van der Waals surface area (Å²) in [5.41, 5.74) is -0.373. The van der Waals surface area contributed by atoms with Crippen molar-refractivity contribution in [3.8, 4) is 0 Å². The van der Waals surface area contributed by atoms with Crippen molar-refractivity contribution in [2.45, 2.75) is 245 Å². The summed E-state index contributed by atoms with van der Waals surface area (Å²) in [5.74, 6) is 0. The van der Waals surface area contributed by atoms with Crippen molar-refractivity contribution >= 4 is 0 Å². The van der Waals surface area contributed by atoms with E-state index in [1.165, 1.54) is 199 Å². The standard InChI is InChI=1S/C38H78O/c1-4-7-10-13-16-18-19-20-21-22-23-24-26-28-31-34-37-38(39,35-32-29-15-12-9-6-3)36-33-30-27-25-17-14-11-8-5-2/h39H,4-37H2,1-3H3.